The lowest BCUT2D eigenvalue weighted by Crippen LogP contribution is -2.16. The number of ether oxygens (including phenoxy) is 1. The number of carbonyl (C=O) groups excluding carboxylic acids is 1. The van der Waals surface area contributed by atoms with E-state index in [0.717, 1.165) is 5.56 Å². The number of para-hydroxylation sites is 1. The van der Waals surface area contributed by atoms with Gasteiger partial charge in [0.15, 0.2) is 4.90 Å². The monoisotopic (exact) mass is 448 g/mol. The molecule has 32 heavy (non-hydrogen) atoms. The molecule has 1 unspecified atom stereocenters. The molecule has 162 valence electrons. The van der Waals surface area contributed by atoms with Crippen molar-refractivity contribution < 1.29 is 23.6 Å². The quantitative estimate of drug-likeness (QED) is 0.260. The molecule has 0 aliphatic heterocycles. The lowest BCUT2D eigenvalue weighted by molar-refractivity contribution is 0.0529. The predicted octanol–water partition coefficient (Wildman–Crippen LogP) is 4.05. The van der Waals surface area contributed by atoms with Gasteiger partial charge in [0, 0.05) is 6.42 Å². The van der Waals surface area contributed by atoms with E-state index in [4.69, 9.17) is 9.15 Å². The average molecular weight is 448 g/mol. The van der Waals surface area contributed by atoms with Crippen molar-refractivity contribution in [2.45, 2.75) is 11.3 Å². The Kier molecular flexibility index (Phi) is 6.58. The van der Waals surface area contributed by atoms with Gasteiger partial charge >= 0.3 is 11.6 Å². The molecular formula is C25H20O6S. The second kappa shape index (κ2) is 9.72. The normalized spacial score (nSPS) is 11.9. The highest BCUT2D eigenvalue weighted by Gasteiger charge is 2.16. The molecule has 0 spiro atoms. The smallest absolute Gasteiger partial charge is 0.343 e. The molecule has 0 radical (unpaired) electrons. The number of esters is 1. The Hall–Kier alpha value is -3.55. The van der Waals surface area contributed by atoms with E-state index in [1.807, 2.05) is 18.2 Å². The van der Waals surface area contributed by atoms with Crippen molar-refractivity contribution in [3.63, 3.8) is 0 Å². The van der Waals surface area contributed by atoms with Gasteiger partial charge in [0.05, 0.1) is 16.5 Å². The van der Waals surface area contributed by atoms with Crippen molar-refractivity contribution in [1.82, 2.24) is 0 Å². The number of rotatable bonds is 7. The number of aromatic hydroxyl groups is 1. The molecular weight excluding hydrogens is 428 g/mol. The molecule has 1 aromatic heterocycles. The summed E-state index contributed by atoms with van der Waals surface area (Å²) in [6.07, 6.45) is 0.157. The molecule has 0 fully saturated rings. The molecule has 0 aliphatic rings. The van der Waals surface area contributed by atoms with E-state index in [1.54, 1.807) is 60.7 Å². The van der Waals surface area contributed by atoms with Crippen molar-refractivity contribution >= 4 is 28.1 Å². The van der Waals surface area contributed by atoms with Gasteiger partial charge in [-0.25, -0.2) is 9.59 Å². The molecule has 4 rings (SSSR count). The zero-order chi connectivity index (χ0) is 22.5. The van der Waals surface area contributed by atoms with Gasteiger partial charge in [-0.1, -0.05) is 42.5 Å². The fourth-order valence-corrected chi connectivity index (χ4v) is 4.21. The van der Waals surface area contributed by atoms with Crippen LogP contribution in [0.2, 0.25) is 0 Å². The van der Waals surface area contributed by atoms with Crippen LogP contribution in [-0.4, -0.2) is 28.0 Å². The van der Waals surface area contributed by atoms with E-state index in [1.165, 1.54) is 0 Å². The number of hydrogen-bond donors (Lipinski definition) is 1. The van der Waals surface area contributed by atoms with Crippen molar-refractivity contribution in [1.29, 1.82) is 0 Å². The van der Waals surface area contributed by atoms with E-state index in [2.05, 4.69) is 0 Å². The number of benzene rings is 3. The summed E-state index contributed by atoms with van der Waals surface area (Å²) in [4.78, 5) is 25.2. The SMILES string of the molecule is O=C(OCC[S+]([O-])c1ccccc1)c1ccc(Cc2c(O)c3ccccc3oc2=O)cc1. The van der Waals surface area contributed by atoms with Crippen LogP contribution in [-0.2, 0) is 22.3 Å². The second-order valence-corrected chi connectivity index (χ2v) is 8.66. The lowest BCUT2D eigenvalue weighted by atomic mass is 10.0. The Labute approximate surface area is 187 Å². The molecule has 1 heterocycles. The molecule has 0 saturated carbocycles. The molecule has 0 amide bonds. The van der Waals surface area contributed by atoms with Crippen LogP contribution in [0.3, 0.4) is 0 Å². The summed E-state index contributed by atoms with van der Waals surface area (Å²) >= 11 is -1.24. The first kappa shape index (κ1) is 21.7. The first-order valence-corrected chi connectivity index (χ1v) is 11.3. The van der Waals surface area contributed by atoms with Gasteiger partial charge in [-0.15, -0.1) is 0 Å². The van der Waals surface area contributed by atoms with E-state index < -0.39 is 22.8 Å². The van der Waals surface area contributed by atoms with Gasteiger partial charge in [0.25, 0.3) is 0 Å². The molecule has 0 bridgehead atoms. The summed E-state index contributed by atoms with van der Waals surface area (Å²) in [7, 11) is 0. The predicted molar refractivity (Wildman–Crippen MR) is 121 cm³/mol. The maximum absolute atomic E-state index is 12.3. The van der Waals surface area contributed by atoms with Crippen LogP contribution < -0.4 is 5.63 Å². The molecule has 0 saturated heterocycles. The Bertz CT molecular complexity index is 1280. The Morgan fingerprint density at radius 1 is 0.969 bits per heavy atom. The summed E-state index contributed by atoms with van der Waals surface area (Å²) in [6, 6.07) is 22.3. The maximum atomic E-state index is 12.3. The minimum atomic E-state index is -1.24. The highest BCUT2D eigenvalue weighted by Crippen LogP contribution is 2.27. The Morgan fingerprint density at radius 2 is 1.66 bits per heavy atom. The van der Waals surface area contributed by atoms with E-state index in [0.29, 0.717) is 21.4 Å². The zero-order valence-corrected chi connectivity index (χ0v) is 17.8. The Morgan fingerprint density at radius 3 is 2.41 bits per heavy atom. The summed E-state index contributed by atoms with van der Waals surface area (Å²) < 4.78 is 22.7. The van der Waals surface area contributed by atoms with Crippen LogP contribution in [0.5, 0.6) is 5.75 Å². The number of fused-ring (bicyclic) bond motifs is 1. The number of hydrogen-bond acceptors (Lipinski definition) is 6. The first-order chi connectivity index (χ1) is 15.5. The summed E-state index contributed by atoms with van der Waals surface area (Å²) in [5.74, 6) is -0.411. The van der Waals surface area contributed by atoms with E-state index >= 15 is 0 Å². The third kappa shape index (κ3) is 4.85. The van der Waals surface area contributed by atoms with Gasteiger partial charge in [-0.3, -0.25) is 0 Å². The second-order valence-electron chi connectivity index (χ2n) is 7.09. The average Bonchev–Trinajstić information content (AvgIpc) is 2.82. The number of carbonyl (C=O) groups is 1. The Balaban J connectivity index is 1.38. The fourth-order valence-electron chi connectivity index (χ4n) is 3.27. The third-order valence-corrected chi connectivity index (χ3v) is 6.29. The summed E-state index contributed by atoms with van der Waals surface area (Å²) in [6.45, 7) is 0.0358. The van der Waals surface area contributed by atoms with Crippen molar-refractivity contribution in [3.8, 4) is 5.75 Å². The molecule has 1 atom stereocenters. The summed E-state index contributed by atoms with van der Waals surface area (Å²) in [5, 5.41) is 11.0. The van der Waals surface area contributed by atoms with Crippen LogP contribution in [0.1, 0.15) is 21.5 Å². The molecule has 3 aromatic carbocycles. The van der Waals surface area contributed by atoms with Crippen LogP contribution in [0.4, 0.5) is 0 Å². The largest absolute Gasteiger partial charge is 0.611 e. The highest BCUT2D eigenvalue weighted by molar-refractivity contribution is 7.91. The van der Waals surface area contributed by atoms with Crippen molar-refractivity contribution in [2.24, 2.45) is 0 Å². The molecule has 1 N–H and O–H groups in total. The topological polar surface area (TPSA) is 99.8 Å². The lowest BCUT2D eigenvalue weighted by Gasteiger charge is -2.11. The van der Waals surface area contributed by atoms with Crippen LogP contribution in [0.15, 0.2) is 93.0 Å². The van der Waals surface area contributed by atoms with Gasteiger partial charge in [0.1, 0.15) is 23.7 Å². The minimum Gasteiger partial charge on any atom is -0.611 e. The first-order valence-electron chi connectivity index (χ1n) is 9.96. The van der Waals surface area contributed by atoms with E-state index in [-0.39, 0.29) is 30.1 Å². The van der Waals surface area contributed by atoms with Gasteiger partial charge in [-0.05, 0) is 53.1 Å². The van der Waals surface area contributed by atoms with Crippen LogP contribution >= 0.6 is 0 Å². The summed E-state index contributed by atoms with van der Waals surface area (Å²) in [5.41, 5.74) is 0.946. The highest BCUT2D eigenvalue weighted by atomic mass is 32.2. The van der Waals surface area contributed by atoms with Crippen LogP contribution in [0.25, 0.3) is 11.0 Å². The molecule has 4 aromatic rings. The van der Waals surface area contributed by atoms with Crippen molar-refractivity contribution in [2.75, 3.05) is 12.4 Å². The molecule has 6 nitrogen and oxygen atoms in total. The van der Waals surface area contributed by atoms with Gasteiger partial charge < -0.3 is 18.8 Å². The van der Waals surface area contributed by atoms with Crippen LogP contribution in [0, 0.1) is 0 Å². The molecule has 7 heteroatoms. The van der Waals surface area contributed by atoms with Crippen molar-refractivity contribution in [3.05, 3.63) is 106 Å². The fraction of sp³-hybridized carbons (Fsp3) is 0.120. The van der Waals surface area contributed by atoms with E-state index in [9.17, 15) is 19.2 Å². The zero-order valence-electron chi connectivity index (χ0n) is 17.0. The van der Waals surface area contributed by atoms with Gasteiger partial charge in [0.2, 0.25) is 0 Å². The minimum absolute atomic E-state index is 0.0358. The maximum Gasteiger partial charge on any atom is 0.343 e. The van der Waals surface area contributed by atoms with Gasteiger partial charge in [-0.2, -0.15) is 0 Å². The molecule has 0 aliphatic carbocycles. The standard InChI is InChI=1S/C25H20O6S/c26-23-20-8-4-5-9-22(20)31-25(28)21(23)16-17-10-12-18(13-11-17)24(27)30-14-15-32(29)19-6-2-1-3-7-19/h1-13,26H,14-16H2. The third-order valence-electron chi connectivity index (χ3n) is 4.96.